The van der Waals surface area contributed by atoms with Crippen molar-refractivity contribution in [2.45, 2.75) is 50.9 Å². The maximum atomic E-state index is 3.76. The van der Waals surface area contributed by atoms with Crippen LogP contribution in [0.4, 0.5) is 11.4 Å². The first kappa shape index (κ1) is 21.8. The zero-order chi connectivity index (χ0) is 21.0. The van der Waals surface area contributed by atoms with Gasteiger partial charge in [0.1, 0.15) is 0 Å². The summed E-state index contributed by atoms with van der Waals surface area (Å²) in [7, 11) is -1.94. The van der Waals surface area contributed by atoms with Gasteiger partial charge in [-0.1, -0.05) is 25.9 Å². The van der Waals surface area contributed by atoms with Crippen LogP contribution in [0.1, 0.15) is 25.7 Å². The van der Waals surface area contributed by atoms with Crippen LogP contribution in [0, 0.1) is 25.5 Å². The number of hydrogen-bond donors (Lipinski definition) is 0. The number of benzene rings is 2. The molecule has 32 heavy (non-hydrogen) atoms. The van der Waals surface area contributed by atoms with Gasteiger partial charge in [0, 0.05) is 12.1 Å². The zero-order valence-corrected chi connectivity index (χ0v) is 21.8. The van der Waals surface area contributed by atoms with E-state index in [1.807, 2.05) is 0 Å². The van der Waals surface area contributed by atoms with Gasteiger partial charge < -0.3 is 19.6 Å². The first-order chi connectivity index (χ1) is 15.1. The predicted molar refractivity (Wildman–Crippen MR) is 129 cm³/mol. The molecule has 2 aromatic carbocycles. The molecular weight excluding hydrogens is 591 g/mol. The van der Waals surface area contributed by atoms with E-state index < -0.39 is 8.07 Å². The number of hydrogen-bond acceptors (Lipinski definition) is 4. The Balaban J connectivity index is 0.00000216. The first-order valence-corrected chi connectivity index (χ1v) is 14.3. The maximum Gasteiger partial charge on any atom is 4.00 e. The summed E-state index contributed by atoms with van der Waals surface area (Å²) in [6.45, 7) is 9.32. The van der Waals surface area contributed by atoms with E-state index in [0.717, 1.165) is 11.4 Å². The smallest absolute Gasteiger partial charge is 0.504 e. The molecule has 3 aliphatic heterocycles. The van der Waals surface area contributed by atoms with Crippen molar-refractivity contribution in [1.82, 2.24) is 9.80 Å². The molecule has 3 heterocycles. The van der Waals surface area contributed by atoms with Crippen LogP contribution in [-0.2, 0) is 21.1 Å². The molecule has 2 aromatic rings. The van der Waals surface area contributed by atoms with Crippen molar-refractivity contribution in [3.63, 3.8) is 0 Å². The van der Waals surface area contributed by atoms with Gasteiger partial charge in [0.2, 0.25) is 0 Å². The number of fused-ring (bicyclic) bond motifs is 13. The van der Waals surface area contributed by atoms with Gasteiger partial charge in [-0.2, -0.15) is 72.2 Å². The zero-order valence-electron chi connectivity index (χ0n) is 18.5. The molecule has 8 bridgehead atoms. The SMILES string of the molecule is C[Si]1(C)c2[c-]c(ccc2)N2C=CN([CH-]2)C2CCCCC2N2C=CN([CH-]2)c2[c-]c1ccc2.[Pt+4]. The molecule has 4 nitrogen and oxygen atoms in total. The Morgan fingerprint density at radius 1 is 0.750 bits per heavy atom. The van der Waals surface area contributed by atoms with E-state index in [2.05, 4.69) is 119 Å². The van der Waals surface area contributed by atoms with Crippen LogP contribution >= 0.6 is 0 Å². The molecule has 6 heteroatoms. The molecule has 4 aliphatic rings. The van der Waals surface area contributed by atoms with E-state index in [-0.39, 0.29) is 21.1 Å². The molecule has 0 amide bonds. The summed E-state index contributed by atoms with van der Waals surface area (Å²) in [4.78, 5) is 9.30. The minimum absolute atomic E-state index is 0. The molecule has 0 radical (unpaired) electrons. The van der Waals surface area contributed by atoms with Crippen LogP contribution in [0.25, 0.3) is 0 Å². The molecule has 1 saturated carbocycles. The van der Waals surface area contributed by atoms with Crippen molar-refractivity contribution >= 4 is 29.8 Å². The second-order valence-electron chi connectivity index (χ2n) is 9.48. The molecule has 1 fully saturated rings. The third kappa shape index (κ3) is 3.64. The summed E-state index contributed by atoms with van der Waals surface area (Å²) in [5, 5.41) is 2.62. The Labute approximate surface area is 207 Å². The second-order valence-corrected chi connectivity index (χ2v) is 13.8. The van der Waals surface area contributed by atoms with E-state index in [1.165, 1.54) is 36.1 Å². The van der Waals surface area contributed by atoms with E-state index in [4.69, 9.17) is 0 Å². The predicted octanol–water partition coefficient (Wildman–Crippen LogP) is 3.86. The topological polar surface area (TPSA) is 13.0 Å². The van der Waals surface area contributed by atoms with Gasteiger partial charge in [-0.15, -0.1) is 11.4 Å². The van der Waals surface area contributed by atoms with Gasteiger partial charge in [0.05, 0.1) is 8.07 Å². The Hall–Kier alpha value is -1.97. The minimum atomic E-state index is -1.94. The maximum absolute atomic E-state index is 3.76. The third-order valence-electron chi connectivity index (χ3n) is 7.24. The van der Waals surface area contributed by atoms with E-state index in [1.54, 1.807) is 0 Å². The second kappa shape index (κ2) is 8.42. The quantitative estimate of drug-likeness (QED) is 0.328. The molecular formula is C26H28N4PtSi. The molecule has 2 unspecified atom stereocenters. The summed E-state index contributed by atoms with van der Waals surface area (Å²) in [6.07, 6.45) is 13.9. The van der Waals surface area contributed by atoms with Crippen molar-refractivity contribution in [2.24, 2.45) is 0 Å². The van der Waals surface area contributed by atoms with Gasteiger partial charge in [-0.25, -0.2) is 0 Å². The standard InChI is InChI=1S/C26H28N4Si.Pt/c1-31(2)23-9-5-7-21(17-23)27-13-15-29(19-27)25-11-3-4-12-26(25)30-16-14-28(20-30)22-8-6-10-24(31)18-22;/h5-10,13-16,19-20,25-26H,3-4,11-12H2,1-2H3;/q-4;+4. The molecule has 0 saturated heterocycles. The molecule has 1 aliphatic carbocycles. The normalized spacial score (nSPS) is 25.2. The summed E-state index contributed by atoms with van der Waals surface area (Å²) < 4.78 is 0. The average Bonchev–Trinajstić information content (AvgIpc) is 3.49. The molecule has 2 atom stereocenters. The fraction of sp³-hybridized carbons (Fsp3) is 0.308. The van der Waals surface area contributed by atoms with Gasteiger partial charge in [0.25, 0.3) is 0 Å². The number of anilines is 2. The Bertz CT molecular complexity index is 970. The van der Waals surface area contributed by atoms with Crippen LogP contribution in [0.15, 0.2) is 61.2 Å². The fourth-order valence-electron chi connectivity index (χ4n) is 5.29. The first-order valence-electron chi connectivity index (χ1n) is 11.3. The molecule has 0 N–H and O–H groups in total. The fourth-order valence-corrected chi connectivity index (χ4v) is 7.49. The largest absolute Gasteiger partial charge is 4.00 e. The summed E-state index contributed by atoms with van der Waals surface area (Å²) in [5.41, 5.74) is 2.24. The van der Waals surface area contributed by atoms with Crippen molar-refractivity contribution in [1.29, 1.82) is 0 Å². The molecule has 0 spiro atoms. The summed E-state index contributed by atoms with van der Waals surface area (Å²) in [6, 6.07) is 21.6. The van der Waals surface area contributed by atoms with Crippen LogP contribution < -0.4 is 20.2 Å². The third-order valence-corrected chi connectivity index (χ3v) is 10.5. The molecule has 0 aromatic heterocycles. The van der Waals surface area contributed by atoms with Gasteiger partial charge >= 0.3 is 21.1 Å². The van der Waals surface area contributed by atoms with Crippen molar-refractivity contribution in [3.05, 3.63) is 86.7 Å². The van der Waals surface area contributed by atoms with Crippen molar-refractivity contribution in [3.8, 4) is 0 Å². The van der Waals surface area contributed by atoms with E-state index >= 15 is 0 Å². The monoisotopic (exact) mass is 619 g/mol. The van der Waals surface area contributed by atoms with Crippen LogP contribution in [0.2, 0.25) is 13.1 Å². The Morgan fingerprint density at radius 3 is 1.69 bits per heavy atom. The minimum Gasteiger partial charge on any atom is -0.504 e. The van der Waals surface area contributed by atoms with Gasteiger partial charge in [0.15, 0.2) is 0 Å². The molecule has 6 rings (SSSR count). The summed E-state index contributed by atoms with van der Waals surface area (Å²) >= 11 is 0. The Morgan fingerprint density at radius 2 is 1.22 bits per heavy atom. The van der Waals surface area contributed by atoms with Crippen LogP contribution in [-0.4, -0.2) is 30.0 Å². The van der Waals surface area contributed by atoms with E-state index in [9.17, 15) is 0 Å². The van der Waals surface area contributed by atoms with Crippen LogP contribution in [0.3, 0.4) is 0 Å². The molecule has 166 valence electrons. The van der Waals surface area contributed by atoms with Crippen LogP contribution in [0.5, 0.6) is 0 Å². The average molecular weight is 620 g/mol. The van der Waals surface area contributed by atoms with Gasteiger partial charge in [-0.05, 0) is 37.6 Å². The number of nitrogens with zero attached hydrogens (tertiary/aromatic N) is 4. The van der Waals surface area contributed by atoms with Gasteiger partial charge in [-0.3, -0.25) is 0 Å². The van der Waals surface area contributed by atoms with E-state index in [0.29, 0.717) is 12.1 Å². The van der Waals surface area contributed by atoms with Crippen molar-refractivity contribution < 1.29 is 21.1 Å². The van der Waals surface area contributed by atoms with Crippen molar-refractivity contribution in [2.75, 3.05) is 9.80 Å². The Kier molecular flexibility index (Phi) is 5.75. The number of rotatable bonds is 0. The summed E-state index contributed by atoms with van der Waals surface area (Å²) in [5.74, 6) is 0.